The molecular weight excluding hydrogens is 274 g/mol. The molecule has 0 aliphatic heterocycles. The van der Waals surface area contributed by atoms with Crippen molar-refractivity contribution in [3.8, 4) is 6.07 Å². The van der Waals surface area contributed by atoms with Crippen molar-refractivity contribution in [1.82, 2.24) is 10.0 Å². The first-order chi connectivity index (χ1) is 8.51. The highest BCUT2D eigenvalue weighted by Crippen LogP contribution is 2.19. The fourth-order valence-electron chi connectivity index (χ4n) is 1.31. The Morgan fingerprint density at radius 1 is 1.39 bits per heavy atom. The summed E-state index contributed by atoms with van der Waals surface area (Å²) in [4.78, 5) is 0.0657. The van der Waals surface area contributed by atoms with Gasteiger partial charge in [-0.3, -0.25) is 0 Å². The zero-order chi connectivity index (χ0) is 13.6. The molecule has 98 valence electrons. The van der Waals surface area contributed by atoms with E-state index in [9.17, 15) is 8.42 Å². The van der Waals surface area contributed by atoms with Crippen LogP contribution in [0.2, 0.25) is 5.02 Å². The maximum atomic E-state index is 11.9. The van der Waals surface area contributed by atoms with Gasteiger partial charge in [0.15, 0.2) is 0 Å². The average molecular weight is 288 g/mol. The molecule has 5 nitrogen and oxygen atoms in total. The topological polar surface area (TPSA) is 82.0 Å². The number of halogens is 1. The maximum absolute atomic E-state index is 11.9. The average Bonchev–Trinajstić information content (AvgIpc) is 2.34. The Morgan fingerprint density at radius 3 is 2.67 bits per heavy atom. The first kappa shape index (κ1) is 14.9. The molecule has 0 heterocycles. The number of nitrogens with one attached hydrogen (secondary N) is 2. The predicted molar refractivity (Wildman–Crippen MR) is 69.9 cm³/mol. The number of nitrogens with zero attached hydrogens (tertiary/aromatic N) is 1. The lowest BCUT2D eigenvalue weighted by Gasteiger charge is -2.07. The minimum Gasteiger partial charge on any atom is -0.320 e. The molecule has 1 aromatic carbocycles. The summed E-state index contributed by atoms with van der Waals surface area (Å²) in [6.45, 7) is 1.08. The lowest BCUT2D eigenvalue weighted by Crippen LogP contribution is -2.26. The third kappa shape index (κ3) is 3.96. The molecule has 1 aromatic rings. The van der Waals surface area contributed by atoms with Crippen LogP contribution in [-0.2, 0) is 10.0 Å². The molecule has 0 spiro atoms. The molecule has 0 saturated heterocycles. The number of nitriles is 1. The zero-order valence-corrected chi connectivity index (χ0v) is 11.5. The summed E-state index contributed by atoms with van der Waals surface area (Å²) in [5.41, 5.74) is 0.255. The maximum Gasteiger partial charge on any atom is 0.240 e. The highest BCUT2D eigenvalue weighted by atomic mass is 35.5. The smallest absolute Gasteiger partial charge is 0.240 e. The van der Waals surface area contributed by atoms with Gasteiger partial charge in [0, 0.05) is 6.54 Å². The molecule has 0 amide bonds. The van der Waals surface area contributed by atoms with Gasteiger partial charge in [0.05, 0.1) is 15.5 Å². The van der Waals surface area contributed by atoms with Crippen LogP contribution in [0.1, 0.15) is 12.0 Å². The Morgan fingerprint density at radius 2 is 2.11 bits per heavy atom. The van der Waals surface area contributed by atoms with Gasteiger partial charge in [-0.2, -0.15) is 5.26 Å². The number of hydrogen-bond donors (Lipinski definition) is 2. The second-order valence-corrected chi connectivity index (χ2v) is 5.78. The van der Waals surface area contributed by atoms with Crippen molar-refractivity contribution in [2.75, 3.05) is 20.1 Å². The SMILES string of the molecule is CNCCCNS(=O)(=O)c1ccc(C#N)c(Cl)c1. The molecule has 7 heteroatoms. The van der Waals surface area contributed by atoms with Gasteiger partial charge < -0.3 is 5.32 Å². The van der Waals surface area contributed by atoms with Crippen molar-refractivity contribution >= 4 is 21.6 Å². The second-order valence-electron chi connectivity index (χ2n) is 3.61. The summed E-state index contributed by atoms with van der Waals surface area (Å²) >= 11 is 5.79. The van der Waals surface area contributed by atoms with Gasteiger partial charge in [-0.1, -0.05) is 11.6 Å². The van der Waals surface area contributed by atoms with Gasteiger partial charge >= 0.3 is 0 Å². The highest BCUT2D eigenvalue weighted by Gasteiger charge is 2.14. The van der Waals surface area contributed by atoms with E-state index in [2.05, 4.69) is 10.0 Å². The molecule has 0 saturated carbocycles. The van der Waals surface area contributed by atoms with Gasteiger partial charge in [0.1, 0.15) is 6.07 Å². The van der Waals surface area contributed by atoms with Crippen LogP contribution >= 0.6 is 11.6 Å². The van der Waals surface area contributed by atoms with Crippen LogP contribution in [0, 0.1) is 11.3 Å². The Labute approximate surface area is 112 Å². The van der Waals surface area contributed by atoms with Crippen LogP contribution in [0.3, 0.4) is 0 Å². The van der Waals surface area contributed by atoms with Gasteiger partial charge in [0.25, 0.3) is 0 Å². The molecule has 0 aliphatic carbocycles. The molecule has 0 aliphatic rings. The van der Waals surface area contributed by atoms with Gasteiger partial charge in [-0.05, 0) is 38.2 Å². The third-order valence-electron chi connectivity index (χ3n) is 2.27. The van der Waals surface area contributed by atoms with Crippen LogP contribution in [-0.4, -0.2) is 28.6 Å². The minimum absolute atomic E-state index is 0.0657. The summed E-state index contributed by atoms with van der Waals surface area (Å²) in [6, 6.07) is 5.92. The van der Waals surface area contributed by atoms with Crippen molar-refractivity contribution in [2.24, 2.45) is 0 Å². The van der Waals surface area contributed by atoms with Crippen LogP contribution in [0.5, 0.6) is 0 Å². The van der Waals surface area contributed by atoms with E-state index >= 15 is 0 Å². The van der Waals surface area contributed by atoms with E-state index in [4.69, 9.17) is 16.9 Å². The number of hydrogen-bond acceptors (Lipinski definition) is 4. The van der Waals surface area contributed by atoms with Crippen molar-refractivity contribution in [3.05, 3.63) is 28.8 Å². The quantitative estimate of drug-likeness (QED) is 0.768. The molecule has 0 bridgehead atoms. The molecule has 18 heavy (non-hydrogen) atoms. The second kappa shape index (κ2) is 6.71. The first-order valence-electron chi connectivity index (χ1n) is 5.35. The van der Waals surface area contributed by atoms with Crippen molar-refractivity contribution in [1.29, 1.82) is 5.26 Å². The first-order valence-corrected chi connectivity index (χ1v) is 7.21. The fourth-order valence-corrected chi connectivity index (χ4v) is 2.70. The van der Waals surface area contributed by atoms with Crippen molar-refractivity contribution < 1.29 is 8.42 Å². The van der Waals surface area contributed by atoms with Crippen LogP contribution in [0.4, 0.5) is 0 Å². The van der Waals surface area contributed by atoms with Gasteiger partial charge in [-0.15, -0.1) is 0 Å². The lowest BCUT2D eigenvalue weighted by atomic mass is 10.2. The molecule has 0 fully saturated rings. The summed E-state index contributed by atoms with van der Waals surface area (Å²) in [7, 11) is -1.76. The van der Waals surface area contributed by atoms with E-state index in [-0.39, 0.29) is 15.5 Å². The van der Waals surface area contributed by atoms with E-state index in [1.165, 1.54) is 18.2 Å². The monoisotopic (exact) mass is 287 g/mol. The number of benzene rings is 1. The Hall–Kier alpha value is -1.13. The Kier molecular flexibility index (Phi) is 5.56. The van der Waals surface area contributed by atoms with E-state index in [1.807, 2.05) is 6.07 Å². The van der Waals surface area contributed by atoms with Gasteiger partial charge in [-0.25, -0.2) is 13.1 Å². The summed E-state index contributed by atoms with van der Waals surface area (Å²) in [5.74, 6) is 0. The van der Waals surface area contributed by atoms with Crippen LogP contribution in [0.25, 0.3) is 0 Å². The summed E-state index contributed by atoms with van der Waals surface area (Å²) in [6.07, 6.45) is 0.694. The van der Waals surface area contributed by atoms with E-state index in [0.29, 0.717) is 13.0 Å². The van der Waals surface area contributed by atoms with E-state index in [1.54, 1.807) is 7.05 Å². The standard InChI is InChI=1S/C11H14ClN3O2S/c1-14-5-2-6-15-18(16,17)10-4-3-9(8-13)11(12)7-10/h3-4,7,14-15H,2,5-6H2,1H3. The lowest BCUT2D eigenvalue weighted by molar-refractivity contribution is 0.577. The van der Waals surface area contributed by atoms with E-state index in [0.717, 1.165) is 6.54 Å². The highest BCUT2D eigenvalue weighted by molar-refractivity contribution is 7.89. The molecule has 0 unspecified atom stereocenters. The van der Waals surface area contributed by atoms with Crippen LogP contribution < -0.4 is 10.0 Å². The molecule has 2 N–H and O–H groups in total. The molecule has 1 rings (SSSR count). The number of rotatable bonds is 6. The van der Waals surface area contributed by atoms with Crippen molar-refractivity contribution in [2.45, 2.75) is 11.3 Å². The summed E-state index contributed by atoms with van der Waals surface area (Å²) in [5, 5.41) is 11.8. The fraction of sp³-hybridized carbons (Fsp3) is 0.364. The number of sulfonamides is 1. The van der Waals surface area contributed by atoms with Crippen LogP contribution in [0.15, 0.2) is 23.1 Å². The minimum atomic E-state index is -3.56. The molecule has 0 atom stereocenters. The van der Waals surface area contributed by atoms with E-state index < -0.39 is 10.0 Å². The molecule has 0 aromatic heterocycles. The molecular formula is C11H14ClN3O2S. The summed E-state index contributed by atoms with van der Waals surface area (Å²) < 4.78 is 26.2. The predicted octanol–water partition coefficient (Wildman–Crippen LogP) is 1.10. The molecule has 0 radical (unpaired) electrons. The van der Waals surface area contributed by atoms with Crippen molar-refractivity contribution in [3.63, 3.8) is 0 Å². The normalized spacial score (nSPS) is 11.2. The largest absolute Gasteiger partial charge is 0.320 e. The van der Waals surface area contributed by atoms with Gasteiger partial charge in [0.2, 0.25) is 10.0 Å². The Balaban J connectivity index is 2.80. The Bertz CT molecular complexity index is 552. The zero-order valence-electron chi connectivity index (χ0n) is 9.90. The third-order valence-corrected chi connectivity index (χ3v) is 4.04.